The standard InChI is InChI=1S/C26H38N2O14S/c1-13-19(38-14(2)29)22(39-15(3)30)24(40-16(4)31)26(37-13)42-20-17(41-25(36-7)23(35-6)21(20)34-5)12-28-43(32,33)18-10-8-9-11-27-18/h8-11,13,17,19-26,28H,12H2,1-7H3/t13-,17+,19-,20-,21-,22+,23+,24+,25-,26-/m0/s1. The van der Waals surface area contributed by atoms with Crippen molar-refractivity contribution >= 4 is 27.9 Å². The number of esters is 3. The van der Waals surface area contributed by atoms with Crippen LogP contribution in [0.2, 0.25) is 0 Å². The lowest BCUT2D eigenvalue weighted by Crippen LogP contribution is -2.66. The Kier molecular flexibility index (Phi) is 12.3. The molecule has 3 rings (SSSR count). The summed E-state index contributed by atoms with van der Waals surface area (Å²) < 4.78 is 79.7. The number of methoxy groups -OCH3 is 3. The molecule has 43 heavy (non-hydrogen) atoms. The number of nitrogens with one attached hydrogen (secondary N) is 1. The summed E-state index contributed by atoms with van der Waals surface area (Å²) in [5, 5.41) is -0.218. The van der Waals surface area contributed by atoms with Gasteiger partial charge >= 0.3 is 17.9 Å². The quantitative estimate of drug-likeness (QED) is 0.232. The van der Waals surface area contributed by atoms with Gasteiger partial charge in [-0.2, -0.15) is 0 Å². The van der Waals surface area contributed by atoms with Gasteiger partial charge in [0.05, 0.1) is 6.10 Å². The van der Waals surface area contributed by atoms with Crippen molar-refractivity contribution < 1.29 is 65.4 Å². The second kappa shape index (κ2) is 15.3. The molecule has 0 radical (unpaired) electrons. The summed E-state index contributed by atoms with van der Waals surface area (Å²) in [4.78, 5) is 39.9. The second-order valence-corrected chi connectivity index (χ2v) is 11.4. The molecule has 0 saturated carbocycles. The highest BCUT2D eigenvalue weighted by molar-refractivity contribution is 7.89. The zero-order valence-electron chi connectivity index (χ0n) is 24.9. The van der Waals surface area contributed by atoms with Crippen LogP contribution in [0.25, 0.3) is 0 Å². The predicted octanol–water partition coefficient (Wildman–Crippen LogP) is -0.314. The summed E-state index contributed by atoms with van der Waals surface area (Å²) >= 11 is 0. The fourth-order valence-corrected chi connectivity index (χ4v) is 5.91. The fraction of sp³-hybridized carbons (Fsp3) is 0.692. The Bertz CT molecular complexity index is 1200. The Hall–Kier alpha value is -2.77. The van der Waals surface area contributed by atoms with Gasteiger partial charge in [-0.1, -0.05) is 6.07 Å². The van der Waals surface area contributed by atoms with Gasteiger partial charge in [0.1, 0.15) is 24.4 Å². The molecule has 3 heterocycles. The molecule has 1 aromatic rings. The minimum absolute atomic E-state index is 0.218. The number of sulfonamides is 1. The molecule has 2 aliphatic heterocycles. The summed E-state index contributed by atoms with van der Waals surface area (Å²) in [6, 6.07) is 4.42. The molecule has 242 valence electrons. The Morgan fingerprint density at radius 2 is 1.40 bits per heavy atom. The molecule has 2 aliphatic rings. The van der Waals surface area contributed by atoms with Gasteiger partial charge in [0.25, 0.3) is 10.0 Å². The van der Waals surface area contributed by atoms with Crippen LogP contribution in [0.1, 0.15) is 27.7 Å². The van der Waals surface area contributed by atoms with Gasteiger partial charge < -0.3 is 42.6 Å². The first-order chi connectivity index (χ1) is 20.3. The number of carbonyl (C=O) groups excluding carboxylic acids is 3. The van der Waals surface area contributed by atoms with Gasteiger partial charge in [0.2, 0.25) is 0 Å². The van der Waals surface area contributed by atoms with Gasteiger partial charge in [0, 0.05) is 54.8 Å². The van der Waals surface area contributed by atoms with Crippen LogP contribution in [0, 0.1) is 0 Å². The first kappa shape index (κ1) is 34.7. The molecule has 1 N–H and O–H groups in total. The molecule has 0 aliphatic carbocycles. The Labute approximate surface area is 249 Å². The SMILES string of the molecule is CO[C@H]1O[C@H](CNS(=O)(=O)c2ccccn2)[C@H](O[C@@H]2O[C@@H](C)[C@H](OC(C)=O)[C@@H](OC(C)=O)[C@H]2OC(C)=O)[C@H](OC)[C@H]1OC. The van der Waals surface area contributed by atoms with E-state index in [-0.39, 0.29) is 11.6 Å². The largest absolute Gasteiger partial charge is 0.456 e. The zero-order chi connectivity index (χ0) is 31.9. The van der Waals surface area contributed by atoms with Crippen molar-refractivity contribution in [2.45, 2.75) is 94.1 Å². The lowest BCUT2D eigenvalue weighted by Gasteiger charge is -2.48. The number of ether oxygens (including phenoxy) is 9. The molecular weight excluding hydrogens is 596 g/mol. The third-order valence-corrected chi connectivity index (χ3v) is 8.02. The Balaban J connectivity index is 1.99. The van der Waals surface area contributed by atoms with E-state index in [1.807, 2.05) is 0 Å². The van der Waals surface area contributed by atoms with Crippen molar-refractivity contribution in [3.05, 3.63) is 24.4 Å². The van der Waals surface area contributed by atoms with Gasteiger partial charge in [-0.25, -0.2) is 18.1 Å². The highest BCUT2D eigenvalue weighted by Crippen LogP contribution is 2.34. The fourth-order valence-electron chi connectivity index (χ4n) is 4.92. The summed E-state index contributed by atoms with van der Waals surface area (Å²) in [7, 11) is 0.0787. The maximum absolute atomic E-state index is 13.0. The minimum atomic E-state index is -4.08. The first-order valence-corrected chi connectivity index (χ1v) is 14.8. The lowest BCUT2D eigenvalue weighted by molar-refractivity contribution is -0.355. The molecule has 0 amide bonds. The number of aromatic nitrogens is 1. The Morgan fingerprint density at radius 3 is 1.93 bits per heavy atom. The lowest BCUT2D eigenvalue weighted by atomic mass is 9.96. The number of carbonyl (C=O) groups is 3. The molecule has 0 spiro atoms. The summed E-state index contributed by atoms with van der Waals surface area (Å²) in [6.45, 7) is 4.63. The van der Waals surface area contributed by atoms with E-state index in [4.69, 9.17) is 42.6 Å². The molecular formula is C26H38N2O14S. The smallest absolute Gasteiger partial charge is 0.303 e. The maximum atomic E-state index is 13.0. The van der Waals surface area contributed by atoms with E-state index >= 15 is 0 Å². The highest BCUT2D eigenvalue weighted by Gasteiger charge is 2.55. The molecule has 10 atom stereocenters. The van der Waals surface area contributed by atoms with Gasteiger partial charge in [-0.3, -0.25) is 14.4 Å². The molecule has 0 aromatic carbocycles. The number of rotatable bonds is 12. The van der Waals surface area contributed by atoms with Crippen molar-refractivity contribution in [1.29, 1.82) is 0 Å². The average Bonchev–Trinajstić information content (AvgIpc) is 2.95. The van der Waals surface area contributed by atoms with Crippen LogP contribution >= 0.6 is 0 Å². The van der Waals surface area contributed by atoms with Gasteiger partial charge in [0.15, 0.2) is 35.9 Å². The van der Waals surface area contributed by atoms with Gasteiger partial charge in [-0.05, 0) is 19.1 Å². The van der Waals surface area contributed by atoms with Crippen LogP contribution in [0.5, 0.6) is 0 Å². The van der Waals surface area contributed by atoms with E-state index in [0.29, 0.717) is 0 Å². The van der Waals surface area contributed by atoms with Crippen molar-refractivity contribution in [3.8, 4) is 0 Å². The predicted molar refractivity (Wildman–Crippen MR) is 143 cm³/mol. The normalized spacial score (nSPS) is 32.9. The van der Waals surface area contributed by atoms with E-state index in [1.54, 1.807) is 13.0 Å². The Morgan fingerprint density at radius 1 is 0.791 bits per heavy atom. The molecule has 1 aromatic heterocycles. The van der Waals surface area contributed by atoms with E-state index in [0.717, 1.165) is 20.8 Å². The third kappa shape index (κ3) is 8.66. The van der Waals surface area contributed by atoms with Crippen LogP contribution in [-0.2, 0) is 67.0 Å². The number of hydrogen-bond donors (Lipinski definition) is 1. The van der Waals surface area contributed by atoms with Crippen LogP contribution in [0.15, 0.2) is 29.4 Å². The second-order valence-electron chi connectivity index (χ2n) is 9.73. The van der Waals surface area contributed by atoms with Crippen molar-refractivity contribution in [1.82, 2.24) is 9.71 Å². The monoisotopic (exact) mass is 634 g/mol. The van der Waals surface area contributed by atoms with E-state index < -0.39 is 89.3 Å². The zero-order valence-corrected chi connectivity index (χ0v) is 25.7. The van der Waals surface area contributed by atoms with E-state index in [9.17, 15) is 22.8 Å². The van der Waals surface area contributed by atoms with E-state index in [2.05, 4.69) is 9.71 Å². The number of hydrogen-bond acceptors (Lipinski definition) is 15. The van der Waals surface area contributed by atoms with Crippen molar-refractivity contribution in [2.75, 3.05) is 27.9 Å². The van der Waals surface area contributed by atoms with Crippen LogP contribution in [-0.4, -0.2) is 121 Å². The average molecular weight is 635 g/mol. The van der Waals surface area contributed by atoms with Crippen molar-refractivity contribution in [3.63, 3.8) is 0 Å². The number of pyridine rings is 1. The van der Waals surface area contributed by atoms with Crippen LogP contribution < -0.4 is 4.72 Å². The third-order valence-electron chi connectivity index (χ3n) is 6.68. The topological polar surface area (TPSA) is 193 Å². The highest BCUT2D eigenvalue weighted by atomic mass is 32.2. The molecule has 2 saturated heterocycles. The molecule has 0 bridgehead atoms. The summed E-state index contributed by atoms with van der Waals surface area (Å²) in [5.74, 6) is -2.20. The molecule has 0 unspecified atom stereocenters. The van der Waals surface area contributed by atoms with Gasteiger partial charge in [-0.15, -0.1) is 0 Å². The van der Waals surface area contributed by atoms with Crippen molar-refractivity contribution in [2.24, 2.45) is 0 Å². The number of nitrogens with zero attached hydrogens (tertiary/aromatic N) is 1. The van der Waals surface area contributed by atoms with E-state index in [1.165, 1.54) is 39.7 Å². The molecule has 16 nitrogen and oxygen atoms in total. The maximum Gasteiger partial charge on any atom is 0.303 e. The van der Waals surface area contributed by atoms with Crippen LogP contribution in [0.3, 0.4) is 0 Å². The van der Waals surface area contributed by atoms with Crippen LogP contribution in [0.4, 0.5) is 0 Å². The summed E-state index contributed by atoms with van der Waals surface area (Å²) in [5.41, 5.74) is 0. The summed E-state index contributed by atoms with van der Waals surface area (Å²) in [6.07, 6.45) is -9.97. The molecule has 2 fully saturated rings. The first-order valence-electron chi connectivity index (χ1n) is 13.3. The molecule has 17 heteroatoms. The minimum Gasteiger partial charge on any atom is -0.456 e.